The largest absolute Gasteiger partial charge is 0.486 e. The molecule has 0 bridgehead atoms. The molecule has 1 aromatic carbocycles. The summed E-state index contributed by atoms with van der Waals surface area (Å²) in [4.78, 5) is 2.17. The van der Waals surface area contributed by atoms with Crippen LogP contribution in [0, 0.1) is 17.0 Å². The van der Waals surface area contributed by atoms with Gasteiger partial charge >= 0.3 is 0 Å². The van der Waals surface area contributed by atoms with Crippen LogP contribution in [-0.4, -0.2) is 36.0 Å². The van der Waals surface area contributed by atoms with Crippen LogP contribution in [0.4, 0.5) is 8.78 Å². The van der Waals surface area contributed by atoms with Crippen LogP contribution in [-0.2, 0) is 0 Å². The molecular formula is C15H23F2N3O. The number of nitrogen functional groups attached to an aromatic ring is 1. The molecule has 6 heteroatoms. The van der Waals surface area contributed by atoms with Crippen molar-refractivity contribution in [2.75, 3.05) is 13.2 Å². The molecule has 21 heavy (non-hydrogen) atoms. The summed E-state index contributed by atoms with van der Waals surface area (Å²) in [6.45, 7) is 8.99. The lowest BCUT2D eigenvalue weighted by Gasteiger charge is -2.30. The van der Waals surface area contributed by atoms with Crippen molar-refractivity contribution in [3.63, 3.8) is 0 Å². The van der Waals surface area contributed by atoms with E-state index in [0.29, 0.717) is 18.6 Å². The molecular weight excluding hydrogens is 276 g/mol. The van der Waals surface area contributed by atoms with Crippen LogP contribution in [0.2, 0.25) is 0 Å². The minimum atomic E-state index is -0.846. The highest BCUT2D eigenvalue weighted by molar-refractivity contribution is 5.95. The predicted molar refractivity (Wildman–Crippen MR) is 79.8 cm³/mol. The number of hydrogen-bond acceptors (Lipinski definition) is 3. The molecule has 0 radical (unpaired) electrons. The van der Waals surface area contributed by atoms with E-state index in [0.717, 1.165) is 12.1 Å². The fraction of sp³-hybridized carbons (Fsp3) is 0.533. The minimum absolute atomic E-state index is 0.00309. The minimum Gasteiger partial charge on any atom is -0.486 e. The van der Waals surface area contributed by atoms with Gasteiger partial charge in [-0.15, -0.1) is 0 Å². The van der Waals surface area contributed by atoms with Crippen LogP contribution in [0.1, 0.15) is 33.3 Å². The third-order valence-electron chi connectivity index (χ3n) is 3.23. The van der Waals surface area contributed by atoms with Crippen molar-refractivity contribution < 1.29 is 13.5 Å². The molecule has 0 spiro atoms. The predicted octanol–water partition coefficient (Wildman–Crippen LogP) is 2.75. The van der Waals surface area contributed by atoms with Gasteiger partial charge in [-0.3, -0.25) is 10.3 Å². The zero-order valence-electron chi connectivity index (χ0n) is 12.9. The van der Waals surface area contributed by atoms with Gasteiger partial charge in [0.05, 0.1) is 0 Å². The maximum Gasteiger partial charge on any atom is 0.190 e. The van der Waals surface area contributed by atoms with Crippen LogP contribution >= 0.6 is 0 Å². The number of amidine groups is 1. The van der Waals surface area contributed by atoms with Crippen LogP contribution in [0.3, 0.4) is 0 Å². The Kier molecular flexibility index (Phi) is 6.08. The molecule has 0 unspecified atom stereocenters. The Labute approximate surface area is 124 Å². The highest BCUT2D eigenvalue weighted by atomic mass is 19.1. The number of nitrogens with one attached hydrogen (secondary N) is 1. The first-order valence-electron chi connectivity index (χ1n) is 6.96. The van der Waals surface area contributed by atoms with Gasteiger partial charge in [0.1, 0.15) is 12.4 Å². The molecule has 3 N–H and O–H groups in total. The van der Waals surface area contributed by atoms with E-state index in [2.05, 4.69) is 32.6 Å². The number of nitrogens with zero attached hydrogens (tertiary/aromatic N) is 1. The topological polar surface area (TPSA) is 62.3 Å². The van der Waals surface area contributed by atoms with Gasteiger partial charge in [0, 0.05) is 24.2 Å². The second-order valence-corrected chi connectivity index (χ2v) is 5.46. The zero-order valence-corrected chi connectivity index (χ0v) is 12.9. The summed E-state index contributed by atoms with van der Waals surface area (Å²) in [6.07, 6.45) is 0. The van der Waals surface area contributed by atoms with Gasteiger partial charge in [0.25, 0.3) is 0 Å². The van der Waals surface area contributed by atoms with Crippen molar-refractivity contribution in [1.82, 2.24) is 4.90 Å². The van der Waals surface area contributed by atoms with E-state index in [4.69, 9.17) is 15.9 Å². The zero-order chi connectivity index (χ0) is 16.2. The van der Waals surface area contributed by atoms with E-state index in [1.807, 2.05) is 0 Å². The van der Waals surface area contributed by atoms with Crippen LogP contribution < -0.4 is 10.5 Å². The number of benzene rings is 1. The molecule has 118 valence electrons. The van der Waals surface area contributed by atoms with Crippen LogP contribution in [0.25, 0.3) is 0 Å². The first-order chi connectivity index (χ1) is 9.73. The first-order valence-corrected chi connectivity index (χ1v) is 6.96. The van der Waals surface area contributed by atoms with Gasteiger partial charge in [-0.05, 0) is 39.8 Å². The lowest BCUT2D eigenvalue weighted by atomic mass is 10.2. The van der Waals surface area contributed by atoms with Gasteiger partial charge in [0.15, 0.2) is 17.4 Å². The fourth-order valence-electron chi connectivity index (χ4n) is 2.22. The number of halogens is 2. The number of ether oxygens (including phenoxy) is 1. The summed E-state index contributed by atoms with van der Waals surface area (Å²) in [5, 5.41) is 7.18. The molecule has 0 saturated carbocycles. The van der Waals surface area contributed by atoms with Gasteiger partial charge in [-0.2, -0.15) is 0 Å². The third kappa shape index (κ3) is 4.67. The van der Waals surface area contributed by atoms with E-state index >= 15 is 0 Å². The third-order valence-corrected chi connectivity index (χ3v) is 3.23. The quantitative estimate of drug-likeness (QED) is 0.601. The maximum absolute atomic E-state index is 13.8. The summed E-state index contributed by atoms with van der Waals surface area (Å²) in [5.74, 6) is -2.50. The second kappa shape index (κ2) is 7.36. The monoisotopic (exact) mass is 299 g/mol. The molecule has 0 atom stereocenters. The Hall–Kier alpha value is -1.69. The van der Waals surface area contributed by atoms with Gasteiger partial charge in [0.2, 0.25) is 0 Å². The van der Waals surface area contributed by atoms with Crippen molar-refractivity contribution in [1.29, 1.82) is 5.41 Å². The van der Waals surface area contributed by atoms with E-state index in [1.54, 1.807) is 0 Å². The molecule has 0 fully saturated rings. The highest BCUT2D eigenvalue weighted by Gasteiger charge is 2.16. The summed E-state index contributed by atoms with van der Waals surface area (Å²) < 4.78 is 32.8. The van der Waals surface area contributed by atoms with E-state index in [1.165, 1.54) is 0 Å². The number of hydrogen-bond donors (Lipinski definition) is 2. The summed E-state index contributed by atoms with van der Waals surface area (Å²) >= 11 is 0. The molecule has 1 rings (SSSR count). The van der Waals surface area contributed by atoms with E-state index in [9.17, 15) is 8.78 Å². The van der Waals surface area contributed by atoms with Gasteiger partial charge in [-0.25, -0.2) is 8.78 Å². The Bertz CT molecular complexity index is 473. The molecule has 0 aliphatic heterocycles. The lowest BCUT2D eigenvalue weighted by molar-refractivity contribution is 0.138. The summed E-state index contributed by atoms with van der Waals surface area (Å²) in [6, 6.07) is 2.65. The number of rotatable bonds is 7. The molecule has 0 amide bonds. The van der Waals surface area contributed by atoms with Crippen molar-refractivity contribution in [2.24, 2.45) is 5.73 Å². The van der Waals surface area contributed by atoms with E-state index in [-0.39, 0.29) is 18.0 Å². The molecule has 0 heterocycles. The Morgan fingerprint density at radius 2 is 1.67 bits per heavy atom. The normalized spacial score (nSPS) is 11.5. The Morgan fingerprint density at radius 1 is 1.19 bits per heavy atom. The van der Waals surface area contributed by atoms with Crippen molar-refractivity contribution in [3.05, 3.63) is 29.3 Å². The van der Waals surface area contributed by atoms with Crippen molar-refractivity contribution in [2.45, 2.75) is 39.8 Å². The average Bonchev–Trinajstić information content (AvgIpc) is 2.35. The molecule has 0 saturated heterocycles. The molecule has 0 aliphatic rings. The molecule has 4 nitrogen and oxygen atoms in total. The Balaban J connectivity index is 2.74. The highest BCUT2D eigenvalue weighted by Crippen LogP contribution is 2.23. The Morgan fingerprint density at radius 3 is 2.05 bits per heavy atom. The maximum atomic E-state index is 13.8. The smallest absolute Gasteiger partial charge is 0.190 e. The van der Waals surface area contributed by atoms with Crippen molar-refractivity contribution >= 4 is 5.84 Å². The molecule has 0 aliphatic carbocycles. The number of nitrogens with two attached hydrogens (primary N) is 1. The van der Waals surface area contributed by atoms with Crippen LogP contribution in [0.15, 0.2) is 12.1 Å². The summed E-state index contributed by atoms with van der Waals surface area (Å²) in [5.41, 5.74) is 5.21. The molecule has 0 aromatic heterocycles. The van der Waals surface area contributed by atoms with E-state index < -0.39 is 17.4 Å². The lowest BCUT2D eigenvalue weighted by Crippen LogP contribution is -2.39. The molecule has 1 aromatic rings. The SMILES string of the molecule is CC(C)N(CCOc1c(F)cc(C(=N)N)cc1F)C(C)C. The second-order valence-electron chi connectivity index (χ2n) is 5.46. The summed E-state index contributed by atoms with van der Waals surface area (Å²) in [7, 11) is 0. The first kappa shape index (κ1) is 17.4. The fourth-order valence-corrected chi connectivity index (χ4v) is 2.22. The van der Waals surface area contributed by atoms with Crippen LogP contribution in [0.5, 0.6) is 5.75 Å². The standard InChI is InChI=1S/C15H23F2N3O/c1-9(2)20(10(3)4)5-6-21-14-12(16)7-11(15(18)19)8-13(14)17/h7-10H,5-6H2,1-4H3,(H3,18,19). The average molecular weight is 299 g/mol. The van der Waals surface area contributed by atoms with Gasteiger partial charge in [-0.1, -0.05) is 0 Å². The van der Waals surface area contributed by atoms with Gasteiger partial charge < -0.3 is 10.5 Å². The van der Waals surface area contributed by atoms with Crippen molar-refractivity contribution in [3.8, 4) is 5.75 Å².